The molecule has 0 radical (unpaired) electrons. The first kappa shape index (κ1) is 12.2. The minimum absolute atomic E-state index is 0.0343. The van der Waals surface area contributed by atoms with E-state index in [4.69, 9.17) is 0 Å². The summed E-state index contributed by atoms with van der Waals surface area (Å²) in [7, 11) is 2.12. The summed E-state index contributed by atoms with van der Waals surface area (Å²) in [6, 6.07) is 8.20. The molecule has 4 nitrogen and oxygen atoms in total. The maximum Gasteiger partial charge on any atom is 0.253 e. The molecule has 100 valence electrons. The van der Waals surface area contributed by atoms with Crippen LogP contribution in [0.4, 0.5) is 0 Å². The summed E-state index contributed by atoms with van der Waals surface area (Å²) in [4.78, 5) is 17.8. The Kier molecular flexibility index (Phi) is 3.25. The lowest BCUT2D eigenvalue weighted by Crippen LogP contribution is -2.43. The molecular weight excluding hydrogens is 238 g/mol. The van der Waals surface area contributed by atoms with Gasteiger partial charge in [0.2, 0.25) is 0 Å². The van der Waals surface area contributed by atoms with Crippen molar-refractivity contribution in [2.45, 2.75) is 18.9 Å². The second kappa shape index (κ2) is 5.05. The van der Waals surface area contributed by atoms with Gasteiger partial charge < -0.3 is 15.2 Å². The fraction of sp³-hybridized carbons (Fsp3) is 0.400. The van der Waals surface area contributed by atoms with Gasteiger partial charge in [-0.05, 0) is 39.0 Å². The van der Waals surface area contributed by atoms with Crippen LogP contribution >= 0.6 is 0 Å². The first-order valence-corrected chi connectivity index (χ1v) is 6.79. The molecule has 1 aliphatic heterocycles. The number of carbonyl (C=O) groups excluding carboxylic acids is 1. The zero-order valence-corrected chi connectivity index (χ0v) is 11.1. The predicted octanol–water partition coefficient (Wildman–Crippen LogP) is 1.99. The number of aromatic amines is 1. The molecule has 0 spiro atoms. The molecular formula is C15H19N3O. The molecule has 1 saturated heterocycles. The van der Waals surface area contributed by atoms with Gasteiger partial charge in [-0.1, -0.05) is 18.2 Å². The normalized spacial score (nSPS) is 17.7. The Morgan fingerprint density at radius 3 is 2.84 bits per heavy atom. The second-order valence-electron chi connectivity index (χ2n) is 5.30. The van der Waals surface area contributed by atoms with Gasteiger partial charge in [0, 0.05) is 23.1 Å². The van der Waals surface area contributed by atoms with Crippen LogP contribution in [0.3, 0.4) is 0 Å². The van der Waals surface area contributed by atoms with E-state index in [9.17, 15) is 4.79 Å². The van der Waals surface area contributed by atoms with E-state index < -0.39 is 0 Å². The Morgan fingerprint density at radius 2 is 2.05 bits per heavy atom. The van der Waals surface area contributed by atoms with E-state index in [-0.39, 0.29) is 5.91 Å². The molecule has 1 aromatic heterocycles. The first-order valence-electron chi connectivity index (χ1n) is 6.79. The number of H-pyrrole nitrogens is 1. The summed E-state index contributed by atoms with van der Waals surface area (Å²) < 4.78 is 0. The molecule has 1 aliphatic rings. The van der Waals surface area contributed by atoms with Crippen LogP contribution in [0.25, 0.3) is 10.9 Å². The average molecular weight is 257 g/mol. The van der Waals surface area contributed by atoms with Crippen molar-refractivity contribution in [2.75, 3.05) is 20.1 Å². The highest BCUT2D eigenvalue weighted by Gasteiger charge is 2.20. The lowest BCUT2D eigenvalue weighted by Gasteiger charge is -2.29. The molecule has 1 fully saturated rings. The van der Waals surface area contributed by atoms with Gasteiger partial charge in [-0.25, -0.2) is 0 Å². The highest BCUT2D eigenvalue weighted by molar-refractivity contribution is 6.06. The van der Waals surface area contributed by atoms with Crippen LogP contribution in [0.15, 0.2) is 30.5 Å². The Hall–Kier alpha value is -1.81. The fourth-order valence-electron chi connectivity index (χ4n) is 2.68. The summed E-state index contributed by atoms with van der Waals surface area (Å²) in [5.41, 5.74) is 1.76. The average Bonchev–Trinajstić information content (AvgIpc) is 2.85. The topological polar surface area (TPSA) is 48.1 Å². The summed E-state index contributed by atoms with van der Waals surface area (Å²) in [6.07, 6.45) is 3.87. The molecule has 0 aliphatic carbocycles. The van der Waals surface area contributed by atoms with E-state index in [1.165, 1.54) is 0 Å². The van der Waals surface area contributed by atoms with Crippen LogP contribution in [-0.2, 0) is 0 Å². The number of nitrogens with zero attached hydrogens (tertiary/aromatic N) is 1. The van der Waals surface area contributed by atoms with Gasteiger partial charge in [0.25, 0.3) is 5.91 Å². The van der Waals surface area contributed by atoms with Crippen LogP contribution in [0, 0.1) is 0 Å². The number of benzene rings is 1. The van der Waals surface area contributed by atoms with Crippen molar-refractivity contribution in [2.24, 2.45) is 0 Å². The summed E-state index contributed by atoms with van der Waals surface area (Å²) in [6.45, 7) is 2.11. The van der Waals surface area contributed by atoms with Gasteiger partial charge in [0.05, 0.1) is 5.56 Å². The van der Waals surface area contributed by atoms with Crippen LogP contribution in [0.5, 0.6) is 0 Å². The Bertz CT molecular complexity index is 582. The zero-order chi connectivity index (χ0) is 13.2. The van der Waals surface area contributed by atoms with Crippen LogP contribution in [0.1, 0.15) is 23.2 Å². The Balaban J connectivity index is 1.73. The number of piperidine rings is 1. The Labute approximate surface area is 112 Å². The monoisotopic (exact) mass is 257 g/mol. The lowest BCUT2D eigenvalue weighted by molar-refractivity contribution is 0.0918. The van der Waals surface area contributed by atoms with Gasteiger partial charge in [-0.2, -0.15) is 0 Å². The van der Waals surface area contributed by atoms with Crippen LogP contribution in [-0.4, -0.2) is 42.0 Å². The van der Waals surface area contributed by atoms with E-state index in [1.54, 1.807) is 6.20 Å². The quantitative estimate of drug-likeness (QED) is 0.864. The molecule has 0 saturated carbocycles. The zero-order valence-electron chi connectivity index (χ0n) is 11.1. The molecule has 0 unspecified atom stereocenters. The summed E-state index contributed by atoms with van der Waals surface area (Å²) in [5.74, 6) is 0.0343. The van der Waals surface area contributed by atoms with Gasteiger partial charge in [-0.3, -0.25) is 4.79 Å². The third-order valence-electron chi connectivity index (χ3n) is 3.89. The third kappa shape index (κ3) is 2.49. The molecule has 1 amide bonds. The second-order valence-corrected chi connectivity index (χ2v) is 5.30. The number of amides is 1. The number of fused-ring (bicyclic) bond motifs is 1. The number of hydrogen-bond acceptors (Lipinski definition) is 2. The molecule has 2 N–H and O–H groups in total. The van der Waals surface area contributed by atoms with Gasteiger partial charge in [-0.15, -0.1) is 0 Å². The highest BCUT2D eigenvalue weighted by Crippen LogP contribution is 2.18. The molecule has 0 bridgehead atoms. The van der Waals surface area contributed by atoms with E-state index in [2.05, 4.69) is 22.2 Å². The van der Waals surface area contributed by atoms with Crippen molar-refractivity contribution < 1.29 is 4.79 Å². The highest BCUT2D eigenvalue weighted by atomic mass is 16.1. The molecule has 3 rings (SSSR count). The van der Waals surface area contributed by atoms with E-state index in [1.807, 2.05) is 24.3 Å². The maximum atomic E-state index is 12.3. The molecule has 19 heavy (non-hydrogen) atoms. The van der Waals surface area contributed by atoms with Gasteiger partial charge >= 0.3 is 0 Å². The number of carbonyl (C=O) groups is 1. The van der Waals surface area contributed by atoms with E-state index >= 15 is 0 Å². The van der Waals surface area contributed by atoms with Crippen molar-refractivity contribution in [1.82, 2.24) is 15.2 Å². The molecule has 2 heterocycles. The van der Waals surface area contributed by atoms with Crippen molar-refractivity contribution in [1.29, 1.82) is 0 Å². The molecule has 2 aromatic rings. The number of aromatic nitrogens is 1. The number of nitrogens with one attached hydrogen (secondary N) is 2. The standard InChI is InChI=1S/C15H19N3O/c1-18-8-6-11(7-9-18)17-15(19)13-10-16-14-5-3-2-4-12(13)14/h2-5,10-11,16H,6-9H2,1H3,(H,17,19). The summed E-state index contributed by atoms with van der Waals surface area (Å²) in [5, 5.41) is 4.14. The lowest BCUT2D eigenvalue weighted by atomic mass is 10.0. The number of likely N-dealkylation sites (tertiary alicyclic amines) is 1. The minimum atomic E-state index is 0.0343. The van der Waals surface area contributed by atoms with Crippen LogP contribution < -0.4 is 5.32 Å². The van der Waals surface area contributed by atoms with E-state index in [0.29, 0.717) is 6.04 Å². The third-order valence-corrected chi connectivity index (χ3v) is 3.89. The molecule has 4 heteroatoms. The van der Waals surface area contributed by atoms with Crippen LogP contribution in [0.2, 0.25) is 0 Å². The molecule has 1 aromatic carbocycles. The number of hydrogen-bond donors (Lipinski definition) is 2. The number of para-hydroxylation sites is 1. The van der Waals surface area contributed by atoms with Crippen molar-refractivity contribution >= 4 is 16.8 Å². The van der Waals surface area contributed by atoms with Crippen molar-refractivity contribution in [3.05, 3.63) is 36.0 Å². The van der Waals surface area contributed by atoms with Gasteiger partial charge in [0.15, 0.2) is 0 Å². The number of rotatable bonds is 2. The Morgan fingerprint density at radius 1 is 1.32 bits per heavy atom. The minimum Gasteiger partial charge on any atom is -0.360 e. The van der Waals surface area contributed by atoms with E-state index in [0.717, 1.165) is 42.4 Å². The smallest absolute Gasteiger partial charge is 0.253 e. The first-order chi connectivity index (χ1) is 9.24. The fourth-order valence-corrected chi connectivity index (χ4v) is 2.68. The maximum absolute atomic E-state index is 12.3. The van der Waals surface area contributed by atoms with Crippen molar-refractivity contribution in [3.8, 4) is 0 Å². The van der Waals surface area contributed by atoms with Crippen molar-refractivity contribution in [3.63, 3.8) is 0 Å². The summed E-state index contributed by atoms with van der Waals surface area (Å²) >= 11 is 0. The largest absolute Gasteiger partial charge is 0.360 e. The SMILES string of the molecule is CN1CCC(NC(=O)c2c[nH]c3ccccc23)CC1. The predicted molar refractivity (Wildman–Crippen MR) is 76.3 cm³/mol. The van der Waals surface area contributed by atoms with Gasteiger partial charge in [0.1, 0.15) is 0 Å². The molecule has 0 atom stereocenters.